The molecule has 1 aromatic rings. The lowest BCUT2D eigenvalue weighted by atomic mass is 10.3. The quantitative estimate of drug-likeness (QED) is 0.571. The minimum atomic E-state index is -0.598. The van der Waals surface area contributed by atoms with Crippen LogP contribution in [0.2, 0.25) is 0 Å². The van der Waals surface area contributed by atoms with Crippen molar-refractivity contribution in [1.29, 1.82) is 0 Å². The van der Waals surface area contributed by atoms with Gasteiger partial charge in [-0.05, 0) is 12.1 Å². The number of hydrogen-bond acceptors (Lipinski definition) is 3. The van der Waals surface area contributed by atoms with Gasteiger partial charge in [0, 0.05) is 0 Å². The molecule has 2 rings (SSSR count). The van der Waals surface area contributed by atoms with Gasteiger partial charge in [0.15, 0.2) is 5.71 Å². The van der Waals surface area contributed by atoms with E-state index < -0.39 is 12.0 Å². The van der Waals surface area contributed by atoms with E-state index in [0.29, 0.717) is 5.75 Å². The number of hydrogen-bond donors (Lipinski definition) is 1. The van der Waals surface area contributed by atoms with Crippen LogP contribution in [0.5, 0.6) is 5.75 Å². The molecule has 15 heavy (non-hydrogen) atoms. The molecular weight excluding hydrogens is 196 g/mol. The van der Waals surface area contributed by atoms with E-state index in [4.69, 9.17) is 4.74 Å². The number of amides is 2. The summed E-state index contributed by atoms with van der Waals surface area (Å²) in [7, 11) is 0. The molecule has 1 heterocycles. The van der Waals surface area contributed by atoms with E-state index in [2.05, 4.69) is 10.3 Å². The topological polar surface area (TPSA) is 67.8 Å². The van der Waals surface area contributed by atoms with Gasteiger partial charge >= 0.3 is 12.0 Å². The van der Waals surface area contributed by atoms with Gasteiger partial charge in [-0.25, -0.2) is 9.59 Å². The Morgan fingerprint density at radius 3 is 2.67 bits per heavy atom. The largest absolute Gasteiger partial charge is 0.422 e. The van der Waals surface area contributed by atoms with Gasteiger partial charge < -0.3 is 10.1 Å². The molecule has 1 aliphatic heterocycles. The van der Waals surface area contributed by atoms with Crippen molar-refractivity contribution in [3.8, 4) is 5.75 Å². The second-order valence-electron chi connectivity index (χ2n) is 2.92. The Labute approximate surface area is 85.8 Å². The molecule has 5 nitrogen and oxygen atoms in total. The number of carbonyl (C=O) groups is 2. The van der Waals surface area contributed by atoms with Crippen LogP contribution in [0.25, 0.3) is 0 Å². The maximum Gasteiger partial charge on any atom is 0.360 e. The number of nitrogens with one attached hydrogen (secondary N) is 1. The first kappa shape index (κ1) is 9.39. The normalized spacial score (nSPS) is 14.4. The number of rotatable bonds is 2. The van der Waals surface area contributed by atoms with E-state index >= 15 is 0 Å². The number of para-hydroxylation sites is 1. The summed E-state index contributed by atoms with van der Waals surface area (Å²) in [6.07, 6.45) is 0. The highest BCUT2D eigenvalue weighted by Gasteiger charge is 2.21. The molecule has 0 saturated heterocycles. The third kappa shape index (κ3) is 2.19. The van der Waals surface area contributed by atoms with E-state index in [9.17, 15) is 9.59 Å². The molecule has 0 atom stereocenters. The summed E-state index contributed by atoms with van der Waals surface area (Å²) >= 11 is 0. The number of aliphatic imine (C=N–C) groups is 1. The molecule has 0 aromatic heterocycles. The average Bonchev–Trinajstić information content (AvgIpc) is 2.66. The third-order valence-corrected chi connectivity index (χ3v) is 1.83. The van der Waals surface area contributed by atoms with Gasteiger partial charge in [0.05, 0.1) is 6.54 Å². The van der Waals surface area contributed by atoms with Crippen molar-refractivity contribution in [3.05, 3.63) is 30.3 Å². The molecular formula is C10H8N2O3. The molecule has 2 amide bonds. The Bertz CT molecular complexity index is 426. The zero-order chi connectivity index (χ0) is 10.7. The van der Waals surface area contributed by atoms with Crippen molar-refractivity contribution in [2.24, 2.45) is 4.99 Å². The van der Waals surface area contributed by atoms with Crippen LogP contribution in [0.1, 0.15) is 0 Å². The van der Waals surface area contributed by atoms with Crippen molar-refractivity contribution < 1.29 is 14.3 Å². The fourth-order valence-electron chi connectivity index (χ4n) is 1.13. The van der Waals surface area contributed by atoms with E-state index in [-0.39, 0.29) is 12.3 Å². The van der Waals surface area contributed by atoms with Crippen LogP contribution in [-0.2, 0) is 4.79 Å². The van der Waals surface area contributed by atoms with Gasteiger partial charge in [-0.2, -0.15) is 4.99 Å². The van der Waals surface area contributed by atoms with E-state index in [1.165, 1.54) is 0 Å². The third-order valence-electron chi connectivity index (χ3n) is 1.83. The number of esters is 1. The van der Waals surface area contributed by atoms with Crippen LogP contribution >= 0.6 is 0 Å². The summed E-state index contributed by atoms with van der Waals surface area (Å²) in [4.78, 5) is 25.6. The molecule has 0 radical (unpaired) electrons. The van der Waals surface area contributed by atoms with Crippen molar-refractivity contribution in [2.45, 2.75) is 0 Å². The lowest BCUT2D eigenvalue weighted by Crippen LogP contribution is -2.25. The first-order chi connectivity index (χ1) is 7.25. The van der Waals surface area contributed by atoms with Crippen LogP contribution < -0.4 is 10.1 Å². The highest BCUT2D eigenvalue weighted by Crippen LogP contribution is 2.09. The zero-order valence-electron chi connectivity index (χ0n) is 7.77. The second kappa shape index (κ2) is 3.91. The highest BCUT2D eigenvalue weighted by molar-refractivity contribution is 6.41. The minimum Gasteiger partial charge on any atom is -0.422 e. The number of ether oxygens (including phenoxy) is 1. The summed E-state index contributed by atoms with van der Waals surface area (Å²) in [5.41, 5.74) is 0.101. The summed E-state index contributed by atoms with van der Waals surface area (Å²) in [6.45, 7) is 0.129. The highest BCUT2D eigenvalue weighted by atomic mass is 16.5. The monoisotopic (exact) mass is 204 g/mol. The van der Waals surface area contributed by atoms with Gasteiger partial charge in [-0.1, -0.05) is 18.2 Å². The van der Waals surface area contributed by atoms with Crippen LogP contribution in [0.15, 0.2) is 35.3 Å². The van der Waals surface area contributed by atoms with E-state index in [0.717, 1.165) is 0 Å². The Kier molecular flexibility index (Phi) is 2.45. The van der Waals surface area contributed by atoms with Gasteiger partial charge in [-0.15, -0.1) is 0 Å². The Hall–Kier alpha value is -2.17. The number of benzene rings is 1. The number of urea groups is 1. The summed E-state index contributed by atoms with van der Waals surface area (Å²) in [5.74, 6) is -0.163. The van der Waals surface area contributed by atoms with Crippen molar-refractivity contribution in [3.63, 3.8) is 0 Å². The molecule has 0 bridgehead atoms. The van der Waals surface area contributed by atoms with Gasteiger partial charge in [0.25, 0.3) is 0 Å². The average molecular weight is 204 g/mol. The smallest absolute Gasteiger partial charge is 0.360 e. The molecule has 0 aliphatic carbocycles. The van der Waals surface area contributed by atoms with Gasteiger partial charge in [0.1, 0.15) is 5.75 Å². The second-order valence-corrected chi connectivity index (χ2v) is 2.92. The van der Waals surface area contributed by atoms with E-state index in [1.54, 1.807) is 24.3 Å². The molecule has 76 valence electrons. The summed E-state index contributed by atoms with van der Waals surface area (Å²) in [6, 6.07) is 8.13. The standard InChI is InChI=1S/C10H8N2O3/c13-9(8-6-11-10(14)12-8)15-7-4-2-1-3-5-7/h1-5H,6H2,(H,11,14). The first-order valence-corrected chi connectivity index (χ1v) is 4.38. The van der Waals surface area contributed by atoms with Crippen molar-refractivity contribution >= 4 is 17.7 Å². The SMILES string of the molecule is O=C1N=C(C(=O)Oc2ccccc2)CN1. The van der Waals surface area contributed by atoms with Crippen LogP contribution in [0.3, 0.4) is 0 Å². The maximum atomic E-state index is 11.4. The molecule has 1 N–H and O–H groups in total. The zero-order valence-corrected chi connectivity index (χ0v) is 7.77. The molecule has 0 saturated carbocycles. The van der Waals surface area contributed by atoms with E-state index in [1.807, 2.05) is 6.07 Å². The first-order valence-electron chi connectivity index (χ1n) is 4.38. The van der Waals surface area contributed by atoms with Crippen molar-refractivity contribution in [2.75, 3.05) is 6.54 Å². The summed E-state index contributed by atoms with van der Waals surface area (Å²) < 4.78 is 4.98. The Balaban J connectivity index is 2.05. The lowest BCUT2D eigenvalue weighted by molar-refractivity contribution is -0.127. The van der Waals surface area contributed by atoms with Gasteiger partial charge in [0.2, 0.25) is 0 Å². The predicted molar refractivity (Wildman–Crippen MR) is 52.9 cm³/mol. The van der Waals surface area contributed by atoms with Crippen LogP contribution in [0, 0.1) is 0 Å². The fourth-order valence-corrected chi connectivity index (χ4v) is 1.13. The van der Waals surface area contributed by atoms with Gasteiger partial charge in [-0.3, -0.25) is 0 Å². The molecule has 0 spiro atoms. The Morgan fingerprint density at radius 2 is 2.07 bits per heavy atom. The fraction of sp³-hybridized carbons (Fsp3) is 0.100. The van der Waals surface area contributed by atoms with Crippen LogP contribution in [0.4, 0.5) is 4.79 Å². The van der Waals surface area contributed by atoms with Crippen molar-refractivity contribution in [1.82, 2.24) is 5.32 Å². The molecule has 1 aromatic carbocycles. The minimum absolute atomic E-state index is 0.101. The lowest BCUT2D eigenvalue weighted by Gasteiger charge is -2.01. The van der Waals surface area contributed by atoms with Crippen LogP contribution in [-0.4, -0.2) is 24.3 Å². The number of carbonyl (C=O) groups excluding carboxylic acids is 2. The molecule has 0 unspecified atom stereocenters. The summed E-state index contributed by atoms with van der Waals surface area (Å²) in [5, 5.41) is 2.39. The molecule has 1 aliphatic rings. The Morgan fingerprint density at radius 1 is 1.33 bits per heavy atom. The predicted octanol–water partition coefficient (Wildman–Crippen LogP) is 0.756. The number of nitrogens with zero attached hydrogens (tertiary/aromatic N) is 1. The molecule has 5 heteroatoms. The maximum absolute atomic E-state index is 11.4. The molecule has 0 fully saturated rings.